The van der Waals surface area contributed by atoms with Crippen molar-refractivity contribution in [3.05, 3.63) is 76.3 Å². The molecule has 4 aromatic rings. The Balaban J connectivity index is 1.13. The number of carbonyl (C=O) groups is 1. The Hall–Kier alpha value is -3.39. The van der Waals surface area contributed by atoms with Crippen molar-refractivity contribution in [2.75, 3.05) is 51.3 Å². The van der Waals surface area contributed by atoms with E-state index in [2.05, 4.69) is 20.1 Å². The number of hydrogen-bond donors (Lipinski definition) is 3. The van der Waals surface area contributed by atoms with Gasteiger partial charge in [0.05, 0.1) is 22.8 Å². The smallest absolute Gasteiger partial charge is 0.251 e. The van der Waals surface area contributed by atoms with Crippen molar-refractivity contribution < 1.29 is 14.6 Å². The van der Waals surface area contributed by atoms with Gasteiger partial charge in [-0.25, -0.2) is 0 Å². The van der Waals surface area contributed by atoms with Crippen molar-refractivity contribution >= 4 is 45.7 Å². The maximum Gasteiger partial charge on any atom is 0.251 e. The molecule has 1 saturated heterocycles. The van der Waals surface area contributed by atoms with E-state index in [1.807, 2.05) is 30.3 Å². The molecular weight excluding hydrogens is 523 g/mol. The minimum absolute atomic E-state index is 0.126. The topological polar surface area (TPSA) is 80.8 Å². The van der Waals surface area contributed by atoms with Crippen molar-refractivity contribution in [1.82, 2.24) is 15.2 Å². The summed E-state index contributed by atoms with van der Waals surface area (Å²) in [5.41, 5.74) is 4.17. The third kappa shape index (κ3) is 5.85. The van der Waals surface area contributed by atoms with Crippen LogP contribution in [0, 0.1) is 0 Å². The summed E-state index contributed by atoms with van der Waals surface area (Å²) in [6.45, 7) is 5.25. The number of ether oxygens (including phenoxy) is 1. The Morgan fingerprint density at radius 3 is 2.58 bits per heavy atom. The van der Waals surface area contributed by atoms with Gasteiger partial charge in [0.1, 0.15) is 11.5 Å². The SMILES string of the molecule is COc1cc(C(=O)NCCCN2CCN(c3cccc(O)c3)CC2)ccc1-c1cc2cc(Cl)c(Cl)cc2[nH]1. The van der Waals surface area contributed by atoms with Crippen LogP contribution in [0.5, 0.6) is 11.5 Å². The molecule has 1 amide bonds. The van der Waals surface area contributed by atoms with E-state index in [0.29, 0.717) is 33.7 Å². The molecule has 0 radical (unpaired) electrons. The summed E-state index contributed by atoms with van der Waals surface area (Å²) in [6.07, 6.45) is 0.868. The minimum atomic E-state index is -0.126. The lowest BCUT2D eigenvalue weighted by Crippen LogP contribution is -2.47. The molecule has 9 heteroatoms. The highest BCUT2D eigenvalue weighted by Crippen LogP contribution is 2.35. The standard InChI is InChI=1S/C29H30Cl2N4O3/c1-38-28-16-19(6-7-23(28)27-15-20-14-24(30)25(31)18-26(20)33-27)29(37)32-8-3-9-34-10-12-35(13-11-34)21-4-2-5-22(36)17-21/h2,4-7,14-18,33,36H,3,8-13H2,1H3,(H,32,37). The second kappa shape index (κ2) is 11.6. The maximum atomic E-state index is 12.8. The van der Waals surface area contributed by atoms with Crippen LogP contribution in [-0.2, 0) is 0 Å². The normalized spacial score (nSPS) is 14.1. The second-order valence-electron chi connectivity index (χ2n) is 9.41. The fourth-order valence-electron chi connectivity index (χ4n) is 4.85. The van der Waals surface area contributed by atoms with Crippen LogP contribution in [-0.4, -0.2) is 67.3 Å². The number of hydrogen-bond acceptors (Lipinski definition) is 5. The van der Waals surface area contributed by atoms with Gasteiger partial charge in [-0.05, 0) is 61.5 Å². The number of H-pyrrole nitrogens is 1. The Morgan fingerprint density at radius 1 is 1.03 bits per heavy atom. The summed E-state index contributed by atoms with van der Waals surface area (Å²) in [5.74, 6) is 0.770. The number of amides is 1. The minimum Gasteiger partial charge on any atom is -0.508 e. The van der Waals surface area contributed by atoms with Crippen LogP contribution in [0.15, 0.2) is 60.7 Å². The molecule has 1 aliphatic heterocycles. The Morgan fingerprint density at radius 2 is 1.82 bits per heavy atom. The molecule has 3 N–H and O–H groups in total. The van der Waals surface area contributed by atoms with Gasteiger partial charge in [-0.1, -0.05) is 29.3 Å². The Bertz CT molecular complexity index is 1410. The molecule has 5 rings (SSSR count). The number of anilines is 1. The first-order valence-corrected chi connectivity index (χ1v) is 13.4. The van der Waals surface area contributed by atoms with Gasteiger partial charge < -0.3 is 25.0 Å². The first kappa shape index (κ1) is 26.2. The van der Waals surface area contributed by atoms with Gasteiger partial charge in [0.2, 0.25) is 0 Å². The lowest BCUT2D eigenvalue weighted by molar-refractivity contribution is 0.0951. The third-order valence-electron chi connectivity index (χ3n) is 6.92. The first-order chi connectivity index (χ1) is 18.4. The number of benzene rings is 3. The predicted molar refractivity (Wildman–Crippen MR) is 154 cm³/mol. The van der Waals surface area contributed by atoms with E-state index in [9.17, 15) is 9.90 Å². The van der Waals surface area contributed by atoms with E-state index >= 15 is 0 Å². The molecule has 1 fully saturated rings. The fourth-order valence-corrected chi connectivity index (χ4v) is 5.19. The van der Waals surface area contributed by atoms with E-state index < -0.39 is 0 Å². The number of aromatic hydroxyl groups is 1. The summed E-state index contributed by atoms with van der Waals surface area (Å²) < 4.78 is 5.61. The van der Waals surface area contributed by atoms with E-state index in [-0.39, 0.29) is 5.91 Å². The van der Waals surface area contributed by atoms with Gasteiger partial charge in [-0.2, -0.15) is 0 Å². The van der Waals surface area contributed by atoms with Crippen LogP contribution in [0.1, 0.15) is 16.8 Å². The van der Waals surface area contributed by atoms with Gasteiger partial charge in [-0.15, -0.1) is 0 Å². The van der Waals surface area contributed by atoms with Gasteiger partial charge in [0, 0.05) is 66.5 Å². The van der Waals surface area contributed by atoms with E-state index in [1.54, 1.807) is 37.4 Å². The number of fused-ring (bicyclic) bond motifs is 1. The van der Waals surface area contributed by atoms with Crippen molar-refractivity contribution in [1.29, 1.82) is 0 Å². The van der Waals surface area contributed by atoms with E-state index in [0.717, 1.165) is 67.0 Å². The van der Waals surface area contributed by atoms with Crippen LogP contribution in [0.25, 0.3) is 22.2 Å². The van der Waals surface area contributed by atoms with Gasteiger partial charge in [0.25, 0.3) is 5.91 Å². The lowest BCUT2D eigenvalue weighted by Gasteiger charge is -2.36. The van der Waals surface area contributed by atoms with E-state index in [4.69, 9.17) is 27.9 Å². The van der Waals surface area contributed by atoms with Crippen LogP contribution >= 0.6 is 23.2 Å². The monoisotopic (exact) mass is 552 g/mol. The largest absolute Gasteiger partial charge is 0.508 e. The molecular formula is C29H30Cl2N4O3. The van der Waals surface area contributed by atoms with E-state index in [1.165, 1.54) is 0 Å². The molecule has 3 aromatic carbocycles. The maximum absolute atomic E-state index is 12.8. The summed E-state index contributed by atoms with van der Waals surface area (Å²) in [5, 5.41) is 14.7. The summed E-state index contributed by atoms with van der Waals surface area (Å²) in [6, 6.07) is 18.4. The molecule has 0 spiro atoms. The molecule has 38 heavy (non-hydrogen) atoms. The average molecular weight is 553 g/mol. The van der Waals surface area contributed by atoms with Crippen molar-refractivity contribution in [3.8, 4) is 22.8 Å². The van der Waals surface area contributed by atoms with Gasteiger partial charge in [-0.3, -0.25) is 9.69 Å². The van der Waals surface area contributed by atoms with Crippen molar-refractivity contribution in [2.24, 2.45) is 0 Å². The molecule has 7 nitrogen and oxygen atoms in total. The predicted octanol–water partition coefficient (Wildman–Crippen LogP) is 5.80. The number of piperazine rings is 1. The van der Waals surface area contributed by atoms with Gasteiger partial charge >= 0.3 is 0 Å². The molecule has 0 bridgehead atoms. The first-order valence-electron chi connectivity index (χ1n) is 12.6. The molecule has 0 saturated carbocycles. The zero-order valence-electron chi connectivity index (χ0n) is 21.1. The van der Waals surface area contributed by atoms with Crippen LogP contribution in [0.2, 0.25) is 10.0 Å². The molecule has 0 aliphatic carbocycles. The zero-order chi connectivity index (χ0) is 26.6. The lowest BCUT2D eigenvalue weighted by atomic mass is 10.1. The molecule has 1 aromatic heterocycles. The average Bonchev–Trinajstić information content (AvgIpc) is 3.33. The third-order valence-corrected chi connectivity index (χ3v) is 7.64. The second-order valence-corrected chi connectivity index (χ2v) is 10.2. The Kier molecular flexibility index (Phi) is 7.98. The van der Waals surface area contributed by atoms with Crippen molar-refractivity contribution in [3.63, 3.8) is 0 Å². The summed E-state index contributed by atoms with van der Waals surface area (Å²) >= 11 is 12.3. The molecule has 198 valence electrons. The van der Waals surface area contributed by atoms with Crippen molar-refractivity contribution in [2.45, 2.75) is 6.42 Å². The molecule has 2 heterocycles. The number of rotatable bonds is 8. The van der Waals surface area contributed by atoms with Gasteiger partial charge in [0.15, 0.2) is 0 Å². The van der Waals surface area contributed by atoms with Crippen LogP contribution in [0.3, 0.4) is 0 Å². The highest BCUT2D eigenvalue weighted by Gasteiger charge is 2.18. The Labute approximate surface area is 231 Å². The molecule has 0 atom stereocenters. The highest BCUT2D eigenvalue weighted by atomic mass is 35.5. The number of methoxy groups -OCH3 is 1. The zero-order valence-corrected chi connectivity index (χ0v) is 22.6. The number of aromatic amines is 1. The van der Waals surface area contributed by atoms with Crippen LogP contribution in [0.4, 0.5) is 5.69 Å². The van der Waals surface area contributed by atoms with Crippen LogP contribution < -0.4 is 15.0 Å². The number of nitrogens with zero attached hydrogens (tertiary/aromatic N) is 2. The summed E-state index contributed by atoms with van der Waals surface area (Å²) in [7, 11) is 1.59. The number of nitrogens with one attached hydrogen (secondary N) is 2. The number of phenols is 1. The molecule has 1 aliphatic rings. The number of aromatic nitrogens is 1. The number of halogens is 2. The summed E-state index contributed by atoms with van der Waals surface area (Å²) in [4.78, 5) is 20.9. The highest BCUT2D eigenvalue weighted by molar-refractivity contribution is 6.42. The number of carbonyl (C=O) groups excluding carboxylic acids is 1. The molecule has 0 unspecified atom stereocenters. The number of phenolic OH excluding ortho intramolecular Hbond substituents is 1. The quantitative estimate of drug-likeness (QED) is 0.241. The fraction of sp³-hybridized carbons (Fsp3) is 0.276.